The Hall–Kier alpha value is -0.0700. The van der Waals surface area contributed by atoms with E-state index in [9.17, 15) is 4.79 Å². The van der Waals surface area contributed by atoms with Gasteiger partial charge in [-0.25, -0.2) is 4.79 Å². The maximum absolute atomic E-state index is 9.84. The number of unbranched alkanes of at least 4 members (excludes halogenated alkanes) is 15. The first-order valence-electron chi connectivity index (χ1n) is 11.4. The van der Waals surface area contributed by atoms with E-state index in [1.165, 1.54) is 116 Å². The van der Waals surface area contributed by atoms with Crippen molar-refractivity contribution in [1.29, 1.82) is 0 Å². The molecule has 2 nitrogen and oxygen atoms in total. The molecule has 0 atom stereocenters. The molecule has 0 bridgehead atoms. The number of carbonyl (C=O) groups excluding carboxylic acids is 1. The minimum absolute atomic E-state index is 0. The predicted octanol–water partition coefficient (Wildman–Crippen LogP) is 8.76. The molecule has 0 amide bonds. The summed E-state index contributed by atoms with van der Waals surface area (Å²) in [6.45, 7) is 10.3. The number of halogens is 1. The van der Waals surface area contributed by atoms with Crippen LogP contribution in [0.5, 0.6) is 0 Å². The number of esters is 1. The summed E-state index contributed by atoms with van der Waals surface area (Å²) < 4.78 is 4.14. The maximum Gasteiger partial charge on any atom is 0.329 e. The van der Waals surface area contributed by atoms with Crippen molar-refractivity contribution >= 4 is 26.3 Å². The first-order chi connectivity index (χ1) is 13.1. The number of methoxy groups -OCH3 is 1. The van der Waals surface area contributed by atoms with Gasteiger partial charge in [-0.3, -0.25) is 0 Å². The lowest BCUT2D eigenvalue weighted by Gasteiger charge is -2.05. The molecule has 0 aromatic carbocycles. The van der Waals surface area contributed by atoms with Crippen LogP contribution in [0.3, 0.4) is 0 Å². The Kier molecular flexibility index (Phi) is 33.9. The van der Waals surface area contributed by atoms with Crippen molar-refractivity contribution in [2.45, 2.75) is 110 Å². The molecule has 0 aromatic heterocycles. The largest absolute Gasteiger partial charge is 0.466 e. The van der Waals surface area contributed by atoms with Crippen LogP contribution in [-0.4, -0.2) is 32.6 Å². The van der Waals surface area contributed by atoms with E-state index in [2.05, 4.69) is 31.6 Å². The first-order valence-corrected chi connectivity index (χ1v) is 13.9. The maximum atomic E-state index is 9.84. The Morgan fingerprint density at radius 1 is 0.750 bits per heavy atom. The molecule has 0 unspecified atom stereocenters. The number of ether oxygens (including phenoxy) is 1. The van der Waals surface area contributed by atoms with Gasteiger partial charge in [-0.1, -0.05) is 110 Å². The van der Waals surface area contributed by atoms with Crippen LogP contribution in [0.1, 0.15) is 110 Å². The number of hydrogen-bond donors (Lipinski definition) is 0. The van der Waals surface area contributed by atoms with E-state index >= 15 is 0 Å². The van der Waals surface area contributed by atoms with Gasteiger partial charge in [0.2, 0.25) is 0 Å². The van der Waals surface area contributed by atoms with Crippen LogP contribution in [0.15, 0.2) is 12.7 Å². The number of carbonyl (C=O) groups is 1. The molecule has 0 aliphatic carbocycles. The van der Waals surface area contributed by atoms with Gasteiger partial charge in [0.25, 0.3) is 0 Å². The van der Waals surface area contributed by atoms with E-state index in [1.807, 2.05) is 0 Å². The Morgan fingerprint density at radius 3 is 1.29 bits per heavy atom. The van der Waals surface area contributed by atoms with Crippen LogP contribution >= 0.6 is 20.3 Å². The summed E-state index contributed by atoms with van der Waals surface area (Å²) in [6.07, 6.45) is 26.2. The lowest BCUT2D eigenvalue weighted by Crippen LogP contribution is -1.91. The van der Waals surface area contributed by atoms with Crippen LogP contribution in [0.4, 0.5) is 0 Å². The second kappa shape index (κ2) is 29.1. The third kappa shape index (κ3) is 33.5. The third-order valence-corrected chi connectivity index (χ3v) is 6.04. The van der Waals surface area contributed by atoms with Gasteiger partial charge in [0, 0.05) is 6.08 Å². The predicted molar refractivity (Wildman–Crippen MR) is 133 cm³/mol. The average molecular weight is 437 g/mol. The molecule has 0 spiro atoms. The molecule has 0 fully saturated rings. The molecule has 0 aliphatic heterocycles. The Morgan fingerprint density at radius 2 is 1.07 bits per heavy atom. The molecule has 4 heteroatoms. The highest BCUT2D eigenvalue weighted by molar-refractivity contribution is 7.55. The Balaban J connectivity index is -0.000000771. The highest BCUT2D eigenvalue weighted by atomic mass is 35.5. The zero-order valence-corrected chi connectivity index (χ0v) is 21.2. The molecule has 0 heterocycles. The molecule has 0 N–H and O–H groups in total. The summed E-state index contributed by atoms with van der Waals surface area (Å²) in [6, 6.07) is 0. The van der Waals surface area contributed by atoms with Gasteiger partial charge in [-0.05, 0) is 25.9 Å². The van der Waals surface area contributed by atoms with Gasteiger partial charge in [0.15, 0.2) is 0 Å². The van der Waals surface area contributed by atoms with Crippen molar-refractivity contribution in [2.24, 2.45) is 0 Å². The molecule has 170 valence electrons. The van der Waals surface area contributed by atoms with Gasteiger partial charge in [0.1, 0.15) is 0 Å². The highest BCUT2D eigenvalue weighted by Gasteiger charge is 1.95. The van der Waals surface area contributed by atoms with Crippen LogP contribution in [0.25, 0.3) is 0 Å². The lowest BCUT2D eigenvalue weighted by molar-refractivity contribution is -0.134. The van der Waals surface area contributed by atoms with E-state index in [-0.39, 0.29) is 12.4 Å². The molecule has 0 rings (SSSR count). The van der Waals surface area contributed by atoms with Crippen molar-refractivity contribution < 1.29 is 9.53 Å². The topological polar surface area (TPSA) is 26.3 Å². The zero-order chi connectivity index (χ0) is 20.6. The molecule has 28 heavy (non-hydrogen) atoms. The molecule has 0 aromatic rings. The molecule has 0 radical (unpaired) electrons. The highest BCUT2D eigenvalue weighted by Crippen LogP contribution is 2.26. The second-order valence-corrected chi connectivity index (χ2v) is 10.4. The summed E-state index contributed by atoms with van der Waals surface area (Å²) in [5.41, 5.74) is 0. The minimum Gasteiger partial charge on any atom is -0.466 e. The zero-order valence-electron chi connectivity index (χ0n) is 19.5. The van der Waals surface area contributed by atoms with Gasteiger partial charge in [0.05, 0.1) is 7.11 Å². The fourth-order valence-corrected chi connectivity index (χ4v) is 3.92. The van der Waals surface area contributed by atoms with Crippen LogP contribution in [-0.2, 0) is 9.53 Å². The molecular weight excluding hydrogens is 387 g/mol. The smallest absolute Gasteiger partial charge is 0.329 e. The molecular formula is C24H50ClO2P. The van der Waals surface area contributed by atoms with E-state index in [0.717, 1.165) is 6.08 Å². The van der Waals surface area contributed by atoms with Crippen molar-refractivity contribution in [3.05, 3.63) is 12.7 Å². The monoisotopic (exact) mass is 436 g/mol. The van der Waals surface area contributed by atoms with Gasteiger partial charge in [-0.2, -0.15) is 0 Å². The number of hydrogen-bond acceptors (Lipinski definition) is 2. The quantitative estimate of drug-likeness (QED) is 0.0928. The third-order valence-electron chi connectivity index (χ3n) is 4.83. The Labute approximate surface area is 184 Å². The lowest BCUT2D eigenvalue weighted by atomic mass is 10.0. The minimum atomic E-state index is -0.394. The van der Waals surface area contributed by atoms with E-state index in [0.29, 0.717) is 7.92 Å². The second-order valence-electron chi connectivity index (χ2n) is 7.83. The standard InChI is InChI=1S/C20H43P.C4H6O2.ClH/c1-4-5-6-7-8-9-10-11-12-13-14-15-16-17-18-19-20-21(2)3;1-3-4(5)6-2;/h4-20H2,1-3H3;3H,1H2,2H3;1H. The Bertz CT molecular complexity index is 309. The molecule has 0 aliphatic rings. The van der Waals surface area contributed by atoms with Crippen molar-refractivity contribution in [3.8, 4) is 0 Å². The van der Waals surface area contributed by atoms with Gasteiger partial charge in [-0.15, -0.1) is 20.3 Å². The normalized spacial score (nSPS) is 10.0. The van der Waals surface area contributed by atoms with E-state index in [1.54, 1.807) is 0 Å². The van der Waals surface area contributed by atoms with Crippen LogP contribution in [0, 0.1) is 0 Å². The number of rotatable bonds is 18. The van der Waals surface area contributed by atoms with Crippen molar-refractivity contribution in [2.75, 3.05) is 26.6 Å². The molecule has 0 saturated heterocycles. The van der Waals surface area contributed by atoms with E-state index in [4.69, 9.17) is 0 Å². The van der Waals surface area contributed by atoms with Gasteiger partial charge >= 0.3 is 5.97 Å². The van der Waals surface area contributed by atoms with E-state index < -0.39 is 5.97 Å². The summed E-state index contributed by atoms with van der Waals surface area (Å²) in [5, 5.41) is 0. The fourth-order valence-electron chi connectivity index (χ4n) is 3.06. The van der Waals surface area contributed by atoms with Crippen molar-refractivity contribution in [1.82, 2.24) is 0 Å². The van der Waals surface area contributed by atoms with Crippen molar-refractivity contribution in [3.63, 3.8) is 0 Å². The van der Waals surface area contributed by atoms with Crippen LogP contribution in [0.2, 0.25) is 0 Å². The summed E-state index contributed by atoms with van der Waals surface area (Å²) in [4.78, 5) is 9.84. The summed E-state index contributed by atoms with van der Waals surface area (Å²) in [5.74, 6) is -0.394. The summed E-state index contributed by atoms with van der Waals surface area (Å²) in [7, 11) is 1.67. The first kappa shape index (κ1) is 32.6. The summed E-state index contributed by atoms with van der Waals surface area (Å²) >= 11 is 0. The molecule has 0 saturated carbocycles. The average Bonchev–Trinajstić information content (AvgIpc) is 2.67. The van der Waals surface area contributed by atoms with Crippen LogP contribution < -0.4 is 0 Å². The SMILES string of the molecule is C=CC(=O)OC.CCCCCCCCCCCCCCCCCCP(C)C.Cl. The fraction of sp³-hybridized carbons (Fsp3) is 0.875. The van der Waals surface area contributed by atoms with Gasteiger partial charge < -0.3 is 4.74 Å².